The first kappa shape index (κ1) is 11.4. The molecule has 0 spiro atoms. The lowest BCUT2D eigenvalue weighted by Gasteiger charge is -2.04. The van der Waals surface area contributed by atoms with Crippen LogP contribution in [0.3, 0.4) is 0 Å². The van der Waals surface area contributed by atoms with Crippen LogP contribution in [0.4, 0.5) is 0 Å². The molecular weight excluding hydrogens is 272 g/mol. The number of imidazole rings is 1. The van der Waals surface area contributed by atoms with Crippen LogP contribution in [0.15, 0.2) is 47.2 Å². The highest BCUT2D eigenvalue weighted by Crippen LogP contribution is 2.24. The van der Waals surface area contributed by atoms with Gasteiger partial charge in [-0.3, -0.25) is 4.98 Å². The van der Waals surface area contributed by atoms with E-state index in [9.17, 15) is 0 Å². The van der Waals surface area contributed by atoms with Gasteiger partial charge in [0, 0.05) is 11.5 Å². The van der Waals surface area contributed by atoms with Crippen LogP contribution in [0.2, 0.25) is 0 Å². The van der Waals surface area contributed by atoms with Gasteiger partial charge >= 0.3 is 0 Å². The number of nitrogens with one attached hydrogen (secondary N) is 1. The van der Waals surface area contributed by atoms with Gasteiger partial charge in [0.25, 0.3) is 0 Å². The second kappa shape index (κ2) is 4.28. The smallest absolute Gasteiger partial charge is 0.178 e. The largest absolute Gasteiger partial charge is 0.359 e. The van der Waals surface area contributed by atoms with Crippen molar-refractivity contribution < 1.29 is 4.52 Å². The predicted molar refractivity (Wildman–Crippen MR) is 78.0 cm³/mol. The lowest BCUT2D eigenvalue weighted by molar-refractivity contribution is 0.377. The van der Waals surface area contributed by atoms with Crippen molar-refractivity contribution in [3.05, 3.63) is 53.3 Å². The van der Waals surface area contributed by atoms with Gasteiger partial charge < -0.3 is 14.1 Å². The Bertz CT molecular complexity index is 952. The minimum Gasteiger partial charge on any atom is -0.359 e. The molecule has 0 saturated carbocycles. The third kappa shape index (κ3) is 1.65. The molecule has 5 nitrogen and oxygen atoms in total. The molecule has 1 N–H and O–H groups in total. The van der Waals surface area contributed by atoms with Gasteiger partial charge in [0.1, 0.15) is 0 Å². The van der Waals surface area contributed by atoms with E-state index in [2.05, 4.69) is 15.1 Å². The van der Waals surface area contributed by atoms with Crippen molar-refractivity contribution in [1.82, 2.24) is 19.7 Å². The highest BCUT2D eigenvalue weighted by atomic mass is 32.1. The number of H-pyrrole nitrogens is 1. The van der Waals surface area contributed by atoms with Crippen LogP contribution < -0.4 is 0 Å². The van der Waals surface area contributed by atoms with Gasteiger partial charge in [0.05, 0.1) is 35.5 Å². The summed E-state index contributed by atoms with van der Waals surface area (Å²) < 4.78 is 7.83. The number of pyridine rings is 1. The second-order valence-electron chi connectivity index (χ2n) is 4.53. The normalized spacial score (nSPS) is 11.4. The van der Waals surface area contributed by atoms with E-state index >= 15 is 0 Å². The minimum absolute atomic E-state index is 0.548. The van der Waals surface area contributed by atoms with E-state index in [1.807, 2.05) is 41.1 Å². The first-order chi connectivity index (χ1) is 9.83. The SMILES string of the molecule is S=c1[nH]c2cnc3ccccc3c2n1Cc1ccno1. The summed E-state index contributed by atoms with van der Waals surface area (Å²) in [5.74, 6) is 0.767. The highest BCUT2D eigenvalue weighted by molar-refractivity contribution is 7.71. The minimum atomic E-state index is 0.548. The first-order valence-corrected chi connectivity index (χ1v) is 6.59. The summed E-state index contributed by atoms with van der Waals surface area (Å²) >= 11 is 5.41. The summed E-state index contributed by atoms with van der Waals surface area (Å²) in [7, 11) is 0. The average molecular weight is 282 g/mol. The summed E-state index contributed by atoms with van der Waals surface area (Å²) in [6.07, 6.45) is 3.44. The standard InChI is InChI=1S/C14H10N4OS/c20-14-17-12-7-15-11-4-2-1-3-10(11)13(12)18(14)8-9-5-6-16-19-9/h1-7H,8H2,(H,17,20). The molecule has 0 amide bonds. The average Bonchev–Trinajstić information content (AvgIpc) is 3.08. The van der Waals surface area contributed by atoms with Crippen LogP contribution in [-0.4, -0.2) is 19.7 Å². The van der Waals surface area contributed by atoms with Gasteiger partial charge in [0.2, 0.25) is 0 Å². The number of benzene rings is 1. The molecule has 1 aromatic carbocycles. The Labute approximate surface area is 118 Å². The maximum absolute atomic E-state index is 5.41. The molecule has 0 atom stereocenters. The molecule has 20 heavy (non-hydrogen) atoms. The monoisotopic (exact) mass is 282 g/mol. The van der Waals surface area contributed by atoms with Crippen molar-refractivity contribution in [3.63, 3.8) is 0 Å². The molecule has 98 valence electrons. The van der Waals surface area contributed by atoms with Crippen molar-refractivity contribution in [2.45, 2.75) is 6.54 Å². The van der Waals surface area contributed by atoms with E-state index in [1.165, 1.54) is 0 Å². The Morgan fingerprint density at radius 2 is 2.15 bits per heavy atom. The molecule has 0 bridgehead atoms. The second-order valence-corrected chi connectivity index (χ2v) is 4.92. The van der Waals surface area contributed by atoms with Crippen molar-refractivity contribution in [3.8, 4) is 0 Å². The molecule has 0 radical (unpaired) electrons. The Hall–Kier alpha value is -2.47. The lowest BCUT2D eigenvalue weighted by Crippen LogP contribution is -1.99. The summed E-state index contributed by atoms with van der Waals surface area (Å²) in [4.78, 5) is 7.62. The zero-order chi connectivity index (χ0) is 13.5. The van der Waals surface area contributed by atoms with Gasteiger partial charge in [-0.2, -0.15) is 0 Å². The van der Waals surface area contributed by atoms with Gasteiger partial charge in [-0.05, 0) is 18.3 Å². The first-order valence-electron chi connectivity index (χ1n) is 6.19. The molecule has 0 aliphatic carbocycles. The van der Waals surface area contributed by atoms with Crippen LogP contribution in [0.5, 0.6) is 0 Å². The Kier molecular flexibility index (Phi) is 2.43. The molecule has 0 aliphatic rings. The van der Waals surface area contributed by atoms with E-state index < -0.39 is 0 Å². The lowest BCUT2D eigenvalue weighted by atomic mass is 10.2. The molecule has 6 heteroatoms. The fourth-order valence-corrected chi connectivity index (χ4v) is 2.69. The number of aromatic nitrogens is 4. The predicted octanol–water partition coefficient (Wildman–Crippen LogP) is 3.28. The zero-order valence-electron chi connectivity index (χ0n) is 10.4. The molecule has 3 heterocycles. The highest BCUT2D eigenvalue weighted by Gasteiger charge is 2.10. The fourth-order valence-electron chi connectivity index (χ4n) is 2.42. The Balaban J connectivity index is 2.06. The van der Waals surface area contributed by atoms with Crippen molar-refractivity contribution in [2.24, 2.45) is 0 Å². The van der Waals surface area contributed by atoms with E-state index in [4.69, 9.17) is 16.7 Å². The summed E-state index contributed by atoms with van der Waals surface area (Å²) in [6.45, 7) is 0.548. The van der Waals surface area contributed by atoms with Crippen molar-refractivity contribution in [1.29, 1.82) is 0 Å². The Morgan fingerprint density at radius 1 is 1.25 bits per heavy atom. The van der Waals surface area contributed by atoms with E-state index in [0.717, 1.165) is 27.7 Å². The van der Waals surface area contributed by atoms with E-state index in [0.29, 0.717) is 11.3 Å². The molecular formula is C14H10N4OS. The van der Waals surface area contributed by atoms with Crippen LogP contribution in [-0.2, 0) is 6.54 Å². The molecule has 0 unspecified atom stereocenters. The van der Waals surface area contributed by atoms with Crippen LogP contribution in [0.1, 0.15) is 5.76 Å². The molecule has 0 saturated heterocycles. The van der Waals surface area contributed by atoms with Gasteiger partial charge in [0.15, 0.2) is 10.5 Å². The summed E-state index contributed by atoms with van der Waals surface area (Å²) in [5.41, 5.74) is 2.91. The third-order valence-corrected chi connectivity index (χ3v) is 3.63. The van der Waals surface area contributed by atoms with Crippen molar-refractivity contribution in [2.75, 3.05) is 0 Å². The number of hydrogen-bond acceptors (Lipinski definition) is 4. The van der Waals surface area contributed by atoms with Crippen LogP contribution in [0.25, 0.3) is 21.9 Å². The number of rotatable bonds is 2. The number of fused-ring (bicyclic) bond motifs is 3. The van der Waals surface area contributed by atoms with E-state index in [1.54, 1.807) is 6.20 Å². The van der Waals surface area contributed by atoms with Crippen LogP contribution in [0, 0.1) is 4.77 Å². The maximum Gasteiger partial charge on any atom is 0.178 e. The van der Waals surface area contributed by atoms with Crippen molar-refractivity contribution >= 4 is 34.2 Å². The Morgan fingerprint density at radius 3 is 3.00 bits per heavy atom. The third-order valence-electron chi connectivity index (χ3n) is 3.31. The topological polar surface area (TPSA) is 59.6 Å². The number of para-hydroxylation sites is 1. The molecule has 0 fully saturated rings. The zero-order valence-corrected chi connectivity index (χ0v) is 11.2. The number of nitrogens with zero attached hydrogens (tertiary/aromatic N) is 3. The maximum atomic E-state index is 5.41. The quantitative estimate of drug-likeness (QED) is 0.573. The number of hydrogen-bond donors (Lipinski definition) is 1. The van der Waals surface area contributed by atoms with Gasteiger partial charge in [-0.15, -0.1) is 0 Å². The molecule has 0 aliphatic heterocycles. The molecule has 4 rings (SSSR count). The summed E-state index contributed by atoms with van der Waals surface area (Å²) in [5, 5.41) is 4.80. The number of aromatic amines is 1. The molecule has 3 aromatic heterocycles. The van der Waals surface area contributed by atoms with Gasteiger partial charge in [-0.1, -0.05) is 23.4 Å². The summed E-state index contributed by atoms with van der Waals surface area (Å²) in [6, 6.07) is 9.85. The van der Waals surface area contributed by atoms with Crippen LogP contribution >= 0.6 is 12.2 Å². The van der Waals surface area contributed by atoms with Gasteiger partial charge in [-0.25, -0.2) is 0 Å². The molecule has 4 aromatic rings. The fraction of sp³-hybridized carbons (Fsp3) is 0.0714. The van der Waals surface area contributed by atoms with E-state index in [-0.39, 0.29) is 0 Å².